The van der Waals surface area contributed by atoms with E-state index in [1.165, 1.54) is 6.92 Å². The molecule has 0 saturated carbocycles. The van der Waals surface area contributed by atoms with Crippen molar-refractivity contribution in [1.82, 2.24) is 0 Å². The average Bonchev–Trinajstić information content (AvgIpc) is 2.71. The number of aliphatic hydroxyl groups excluding tert-OH is 1. The summed E-state index contributed by atoms with van der Waals surface area (Å²) in [6, 6.07) is 1.13. The van der Waals surface area contributed by atoms with E-state index in [4.69, 9.17) is 0 Å². The summed E-state index contributed by atoms with van der Waals surface area (Å²) in [7, 11) is 0. The molecule has 9 heteroatoms. The van der Waals surface area contributed by atoms with Crippen molar-refractivity contribution in [2.24, 2.45) is 0 Å². The molecule has 0 fully saturated rings. The fourth-order valence-corrected chi connectivity index (χ4v) is 2.78. The molecule has 0 bridgehead atoms. The van der Waals surface area contributed by atoms with Crippen LogP contribution >= 0.6 is 11.3 Å². The van der Waals surface area contributed by atoms with E-state index < -0.39 is 29.4 Å². The minimum atomic E-state index is -4.45. The van der Waals surface area contributed by atoms with Crippen LogP contribution < -0.4 is 4.90 Å². The highest BCUT2D eigenvalue weighted by atomic mass is 32.1. The quantitative estimate of drug-likeness (QED) is 0.645. The monoisotopic (exact) mass is 312 g/mol. The van der Waals surface area contributed by atoms with Crippen LogP contribution in [0.1, 0.15) is 31.2 Å². The summed E-state index contributed by atoms with van der Waals surface area (Å²) in [6.07, 6.45) is -4.98. The number of hydrogen-bond acceptors (Lipinski definition) is 5. The Kier molecular flexibility index (Phi) is 5.35. The first kappa shape index (κ1) is 16.7. The predicted octanol–water partition coefficient (Wildman–Crippen LogP) is 3.49. The first-order valence-corrected chi connectivity index (χ1v) is 6.75. The van der Waals surface area contributed by atoms with Crippen molar-refractivity contribution < 1.29 is 23.2 Å². The lowest BCUT2D eigenvalue weighted by atomic mass is 10.3. The molecule has 5 nitrogen and oxygen atoms in total. The SMILES string of the molecule is CCCN(CC(F)(F)F)c1sc([C@@H](C)O)cc1[N+](=O)[O-]. The molecule has 114 valence electrons. The van der Waals surface area contributed by atoms with Crippen molar-refractivity contribution in [3.63, 3.8) is 0 Å². The standard InChI is InChI=1S/C11H15F3N2O3S/c1-3-4-15(6-11(12,13)14)10-8(16(18)19)5-9(20-10)7(2)17/h5,7,17H,3-4,6H2,1-2H3/t7-/m1/s1. The Bertz CT molecular complexity index is 474. The minimum absolute atomic E-state index is 0.0557. The molecule has 1 rings (SSSR count). The molecule has 0 spiro atoms. The maximum atomic E-state index is 12.6. The Morgan fingerprint density at radius 2 is 2.15 bits per heavy atom. The summed E-state index contributed by atoms with van der Waals surface area (Å²) < 4.78 is 37.7. The van der Waals surface area contributed by atoms with Crippen LogP contribution in [0.2, 0.25) is 0 Å². The zero-order valence-electron chi connectivity index (χ0n) is 11.0. The van der Waals surface area contributed by atoms with E-state index in [2.05, 4.69) is 0 Å². The number of nitrogens with zero attached hydrogens (tertiary/aromatic N) is 2. The third-order valence-corrected chi connectivity index (χ3v) is 3.83. The molecule has 20 heavy (non-hydrogen) atoms. The fourth-order valence-electron chi connectivity index (χ4n) is 1.69. The van der Waals surface area contributed by atoms with Crippen LogP contribution in [-0.4, -0.2) is 29.3 Å². The van der Waals surface area contributed by atoms with Crippen molar-refractivity contribution in [2.45, 2.75) is 32.5 Å². The molecule has 1 heterocycles. The van der Waals surface area contributed by atoms with Crippen LogP contribution in [0, 0.1) is 10.1 Å². The normalized spacial score (nSPS) is 13.3. The number of halogens is 3. The van der Waals surface area contributed by atoms with Gasteiger partial charge in [0.25, 0.3) is 0 Å². The number of alkyl halides is 3. The van der Waals surface area contributed by atoms with Gasteiger partial charge in [-0.15, -0.1) is 11.3 Å². The third kappa shape index (κ3) is 4.34. The summed E-state index contributed by atoms with van der Waals surface area (Å²) in [5.74, 6) is 0. The van der Waals surface area contributed by atoms with E-state index in [0.717, 1.165) is 22.3 Å². The fraction of sp³-hybridized carbons (Fsp3) is 0.636. The maximum absolute atomic E-state index is 12.6. The van der Waals surface area contributed by atoms with E-state index in [1.54, 1.807) is 6.92 Å². The zero-order chi connectivity index (χ0) is 15.5. The van der Waals surface area contributed by atoms with Gasteiger partial charge in [0, 0.05) is 17.5 Å². The van der Waals surface area contributed by atoms with Gasteiger partial charge in [0.15, 0.2) is 5.00 Å². The van der Waals surface area contributed by atoms with Crippen LogP contribution in [0.5, 0.6) is 0 Å². The molecule has 0 aliphatic carbocycles. The first-order valence-electron chi connectivity index (χ1n) is 5.93. The van der Waals surface area contributed by atoms with Gasteiger partial charge in [0.2, 0.25) is 0 Å². The number of hydrogen-bond donors (Lipinski definition) is 1. The van der Waals surface area contributed by atoms with E-state index in [0.29, 0.717) is 6.42 Å². The lowest BCUT2D eigenvalue weighted by Gasteiger charge is -2.23. The van der Waals surface area contributed by atoms with Gasteiger partial charge in [0.1, 0.15) is 6.54 Å². The van der Waals surface area contributed by atoms with E-state index >= 15 is 0 Å². The summed E-state index contributed by atoms with van der Waals surface area (Å²) in [6.45, 7) is 1.91. The molecule has 0 unspecified atom stereocenters. The van der Waals surface area contributed by atoms with Crippen molar-refractivity contribution in [3.8, 4) is 0 Å². The molecule has 0 amide bonds. The number of thiophene rings is 1. The smallest absolute Gasteiger partial charge is 0.388 e. The Morgan fingerprint density at radius 1 is 1.55 bits per heavy atom. The van der Waals surface area contributed by atoms with E-state index in [9.17, 15) is 28.4 Å². The van der Waals surface area contributed by atoms with Crippen LogP contribution in [0.4, 0.5) is 23.9 Å². The summed E-state index contributed by atoms with van der Waals surface area (Å²) in [4.78, 5) is 11.4. The van der Waals surface area contributed by atoms with E-state index in [-0.39, 0.29) is 16.4 Å². The van der Waals surface area contributed by atoms with Gasteiger partial charge < -0.3 is 10.0 Å². The second kappa shape index (κ2) is 6.40. The Morgan fingerprint density at radius 3 is 2.55 bits per heavy atom. The highest BCUT2D eigenvalue weighted by Crippen LogP contribution is 2.41. The van der Waals surface area contributed by atoms with Crippen LogP contribution in [0.25, 0.3) is 0 Å². The first-order chi connectivity index (χ1) is 9.15. The molecule has 1 atom stereocenters. The molecule has 1 aromatic heterocycles. The Hall–Kier alpha value is -1.35. The highest BCUT2D eigenvalue weighted by Gasteiger charge is 2.34. The molecule has 1 N–H and O–H groups in total. The minimum Gasteiger partial charge on any atom is -0.388 e. The second-order valence-electron chi connectivity index (χ2n) is 4.31. The van der Waals surface area contributed by atoms with Gasteiger partial charge >= 0.3 is 11.9 Å². The van der Waals surface area contributed by atoms with Gasteiger partial charge in [-0.2, -0.15) is 13.2 Å². The summed E-state index contributed by atoms with van der Waals surface area (Å²) >= 11 is 0.819. The Labute approximate surface area is 117 Å². The van der Waals surface area contributed by atoms with E-state index in [1.807, 2.05) is 0 Å². The molecule has 0 aliphatic heterocycles. The number of anilines is 1. The Balaban J connectivity index is 3.20. The average molecular weight is 312 g/mol. The molecule has 0 aliphatic rings. The number of rotatable bonds is 6. The number of aliphatic hydroxyl groups is 1. The highest BCUT2D eigenvalue weighted by molar-refractivity contribution is 7.16. The van der Waals surface area contributed by atoms with Gasteiger partial charge in [-0.3, -0.25) is 10.1 Å². The topological polar surface area (TPSA) is 66.6 Å². The van der Waals surface area contributed by atoms with Crippen LogP contribution in [-0.2, 0) is 0 Å². The largest absolute Gasteiger partial charge is 0.405 e. The summed E-state index contributed by atoms with van der Waals surface area (Å²) in [5, 5.41) is 20.3. The van der Waals surface area contributed by atoms with Gasteiger partial charge in [-0.25, -0.2) is 0 Å². The molecule has 0 radical (unpaired) electrons. The van der Waals surface area contributed by atoms with Crippen molar-refractivity contribution in [2.75, 3.05) is 18.0 Å². The van der Waals surface area contributed by atoms with Gasteiger partial charge in [-0.05, 0) is 13.3 Å². The third-order valence-electron chi connectivity index (χ3n) is 2.47. The zero-order valence-corrected chi connectivity index (χ0v) is 11.8. The van der Waals surface area contributed by atoms with Crippen molar-refractivity contribution in [1.29, 1.82) is 0 Å². The summed E-state index contributed by atoms with van der Waals surface area (Å²) in [5.41, 5.74) is -0.399. The van der Waals surface area contributed by atoms with Crippen molar-refractivity contribution >= 4 is 22.0 Å². The lowest BCUT2D eigenvalue weighted by Crippen LogP contribution is -2.34. The molecular formula is C11H15F3N2O3S. The molecular weight excluding hydrogens is 297 g/mol. The molecule has 1 aromatic rings. The van der Waals surface area contributed by atoms with Crippen LogP contribution in [0.15, 0.2) is 6.07 Å². The molecule has 0 saturated heterocycles. The maximum Gasteiger partial charge on any atom is 0.405 e. The van der Waals surface area contributed by atoms with Crippen LogP contribution in [0.3, 0.4) is 0 Å². The number of nitro groups is 1. The second-order valence-corrected chi connectivity index (χ2v) is 5.37. The lowest BCUT2D eigenvalue weighted by molar-refractivity contribution is -0.383. The van der Waals surface area contributed by atoms with Gasteiger partial charge in [0.05, 0.1) is 11.0 Å². The predicted molar refractivity (Wildman–Crippen MR) is 70.2 cm³/mol. The van der Waals surface area contributed by atoms with Gasteiger partial charge in [-0.1, -0.05) is 6.92 Å². The van der Waals surface area contributed by atoms with Crippen molar-refractivity contribution in [3.05, 3.63) is 21.1 Å². The molecule has 0 aromatic carbocycles.